The third-order valence-electron chi connectivity index (χ3n) is 5.00. The van der Waals surface area contributed by atoms with Gasteiger partial charge in [0.1, 0.15) is 30.5 Å². The van der Waals surface area contributed by atoms with Gasteiger partial charge in [-0.15, -0.1) is 0 Å². The van der Waals surface area contributed by atoms with E-state index < -0.39 is 5.91 Å². The zero-order valence-electron chi connectivity index (χ0n) is 18.4. The summed E-state index contributed by atoms with van der Waals surface area (Å²) in [6.07, 6.45) is 1.49. The number of ether oxygens (including phenoxy) is 2. The van der Waals surface area contributed by atoms with Crippen LogP contribution in [0.4, 0.5) is 4.39 Å². The van der Waals surface area contributed by atoms with E-state index in [1.807, 2.05) is 48.5 Å². The lowest BCUT2D eigenvalue weighted by atomic mass is 10.2. The quantitative estimate of drug-likeness (QED) is 0.259. The molecule has 0 unspecified atom stereocenters. The first-order valence-corrected chi connectivity index (χ1v) is 10.7. The highest BCUT2D eigenvalue weighted by Gasteiger charge is 2.12. The molecule has 0 fully saturated rings. The largest absolute Gasteiger partial charge is 0.488 e. The summed E-state index contributed by atoms with van der Waals surface area (Å²) in [6.45, 7) is 0.428. The molecule has 0 aliphatic heterocycles. The Morgan fingerprint density at radius 3 is 2.24 bits per heavy atom. The first kappa shape index (κ1) is 22.7. The fraction of sp³-hybridized carbons (Fsp3) is 0.0714. The van der Waals surface area contributed by atoms with Crippen molar-refractivity contribution in [3.8, 4) is 11.5 Å². The van der Waals surface area contributed by atoms with E-state index in [2.05, 4.69) is 10.5 Å². The fourth-order valence-electron chi connectivity index (χ4n) is 3.23. The Morgan fingerprint density at radius 2 is 1.41 bits per heavy atom. The Hall–Kier alpha value is -4.45. The van der Waals surface area contributed by atoms with E-state index >= 15 is 0 Å². The lowest BCUT2D eigenvalue weighted by Crippen LogP contribution is -2.18. The van der Waals surface area contributed by atoms with Gasteiger partial charge in [0.05, 0.1) is 11.8 Å². The van der Waals surface area contributed by atoms with Gasteiger partial charge in [0.25, 0.3) is 5.91 Å². The van der Waals surface area contributed by atoms with Gasteiger partial charge in [-0.25, -0.2) is 9.82 Å². The zero-order chi connectivity index (χ0) is 23.6. The predicted octanol–water partition coefficient (Wildman–Crippen LogP) is 5.75. The van der Waals surface area contributed by atoms with Crippen molar-refractivity contribution in [2.24, 2.45) is 5.10 Å². The molecule has 0 saturated heterocycles. The Balaban J connectivity index is 1.39. The van der Waals surface area contributed by atoms with Gasteiger partial charge >= 0.3 is 0 Å². The lowest BCUT2D eigenvalue weighted by Gasteiger charge is -2.11. The van der Waals surface area contributed by atoms with Crippen molar-refractivity contribution in [3.05, 3.63) is 131 Å². The number of amides is 1. The number of carbonyl (C=O) groups is 1. The van der Waals surface area contributed by atoms with Crippen LogP contribution in [0.2, 0.25) is 0 Å². The monoisotopic (exact) mass is 454 g/mol. The van der Waals surface area contributed by atoms with Crippen LogP contribution < -0.4 is 14.9 Å². The third kappa shape index (κ3) is 6.07. The Bertz CT molecular complexity index is 1280. The second-order valence-corrected chi connectivity index (χ2v) is 7.39. The minimum Gasteiger partial charge on any atom is -0.488 e. The van der Waals surface area contributed by atoms with Crippen molar-refractivity contribution >= 4 is 12.1 Å². The Labute approximate surface area is 197 Å². The minimum absolute atomic E-state index is 0.0794. The number of benzene rings is 4. The average molecular weight is 455 g/mol. The summed E-state index contributed by atoms with van der Waals surface area (Å²) in [7, 11) is 0. The molecule has 0 bridgehead atoms. The number of hydrazone groups is 1. The van der Waals surface area contributed by atoms with E-state index in [1.54, 1.807) is 48.5 Å². The molecule has 0 aliphatic rings. The van der Waals surface area contributed by atoms with E-state index in [9.17, 15) is 9.18 Å². The number of rotatable bonds is 9. The second kappa shape index (κ2) is 11.4. The highest BCUT2D eigenvalue weighted by atomic mass is 19.1. The zero-order valence-corrected chi connectivity index (χ0v) is 18.4. The molecule has 0 aliphatic carbocycles. The Kier molecular flexibility index (Phi) is 7.64. The summed E-state index contributed by atoms with van der Waals surface area (Å²) in [6, 6.07) is 30.4. The topological polar surface area (TPSA) is 59.9 Å². The molecule has 0 radical (unpaired) electrons. The number of nitrogens with one attached hydrogen (secondary N) is 1. The number of hydrogen-bond acceptors (Lipinski definition) is 4. The standard InChI is InChI=1S/C28H23FN2O3/c29-25-15-7-4-13-23(25)20-34-26-16-8-5-12-22(26)18-30-31-28(32)24-14-6-9-17-27(24)33-19-21-10-2-1-3-11-21/h1-18H,19-20H2,(H,31,32)/b30-18+. The first-order valence-electron chi connectivity index (χ1n) is 10.7. The number of halogens is 1. The average Bonchev–Trinajstić information content (AvgIpc) is 2.88. The van der Waals surface area contributed by atoms with Crippen molar-refractivity contribution < 1.29 is 18.7 Å². The second-order valence-electron chi connectivity index (χ2n) is 7.39. The molecule has 1 amide bonds. The molecular formula is C28H23FN2O3. The highest BCUT2D eigenvalue weighted by molar-refractivity contribution is 5.97. The molecule has 4 aromatic rings. The van der Waals surface area contributed by atoms with E-state index in [-0.39, 0.29) is 12.4 Å². The number of nitrogens with zero attached hydrogens (tertiary/aromatic N) is 1. The highest BCUT2D eigenvalue weighted by Crippen LogP contribution is 2.20. The van der Waals surface area contributed by atoms with Gasteiger partial charge in [0.15, 0.2) is 0 Å². The first-order chi connectivity index (χ1) is 16.7. The summed E-state index contributed by atoms with van der Waals surface area (Å²) in [5.74, 6) is 0.266. The molecule has 0 atom stereocenters. The normalized spacial score (nSPS) is 10.7. The van der Waals surface area contributed by atoms with Crippen LogP contribution in [0.25, 0.3) is 0 Å². The summed E-state index contributed by atoms with van der Waals surface area (Å²) >= 11 is 0. The van der Waals surface area contributed by atoms with Gasteiger partial charge in [0, 0.05) is 11.1 Å². The molecule has 5 nitrogen and oxygen atoms in total. The van der Waals surface area contributed by atoms with Crippen molar-refractivity contribution in [1.29, 1.82) is 0 Å². The number of hydrogen-bond donors (Lipinski definition) is 1. The summed E-state index contributed by atoms with van der Waals surface area (Å²) < 4.78 is 25.5. The van der Waals surface area contributed by atoms with Crippen LogP contribution >= 0.6 is 0 Å². The molecule has 6 heteroatoms. The van der Waals surface area contributed by atoms with Crippen LogP contribution in [0.3, 0.4) is 0 Å². The molecule has 0 heterocycles. The van der Waals surface area contributed by atoms with Gasteiger partial charge in [-0.1, -0.05) is 72.8 Å². The number of para-hydroxylation sites is 2. The summed E-state index contributed by atoms with van der Waals surface area (Å²) in [5, 5.41) is 4.08. The smallest absolute Gasteiger partial charge is 0.275 e. The van der Waals surface area contributed by atoms with Crippen LogP contribution in [-0.4, -0.2) is 12.1 Å². The van der Waals surface area contributed by atoms with Crippen LogP contribution in [0.5, 0.6) is 11.5 Å². The predicted molar refractivity (Wildman–Crippen MR) is 129 cm³/mol. The van der Waals surface area contributed by atoms with Gasteiger partial charge in [0.2, 0.25) is 0 Å². The molecule has 0 saturated carbocycles. The summed E-state index contributed by atoms with van der Waals surface area (Å²) in [4.78, 5) is 12.7. The van der Waals surface area contributed by atoms with Crippen LogP contribution in [-0.2, 0) is 13.2 Å². The SMILES string of the molecule is O=C(N/N=C/c1ccccc1OCc1ccccc1F)c1ccccc1OCc1ccccc1. The molecule has 0 aromatic heterocycles. The molecule has 170 valence electrons. The van der Waals surface area contributed by atoms with Crippen molar-refractivity contribution in [1.82, 2.24) is 5.43 Å². The van der Waals surface area contributed by atoms with Crippen LogP contribution in [0.15, 0.2) is 108 Å². The third-order valence-corrected chi connectivity index (χ3v) is 5.00. The molecule has 4 rings (SSSR count). The van der Waals surface area contributed by atoms with Crippen molar-refractivity contribution in [2.45, 2.75) is 13.2 Å². The summed E-state index contributed by atoms with van der Waals surface area (Å²) in [5.41, 5.74) is 5.01. The Morgan fingerprint density at radius 1 is 0.765 bits per heavy atom. The van der Waals surface area contributed by atoms with Crippen molar-refractivity contribution in [3.63, 3.8) is 0 Å². The van der Waals surface area contributed by atoms with Crippen LogP contribution in [0, 0.1) is 5.82 Å². The maximum absolute atomic E-state index is 13.9. The molecule has 1 N–H and O–H groups in total. The fourth-order valence-corrected chi connectivity index (χ4v) is 3.23. The number of carbonyl (C=O) groups excluding carboxylic acids is 1. The molecule has 4 aromatic carbocycles. The van der Waals surface area contributed by atoms with E-state index in [0.29, 0.717) is 34.8 Å². The van der Waals surface area contributed by atoms with Crippen molar-refractivity contribution in [2.75, 3.05) is 0 Å². The van der Waals surface area contributed by atoms with Gasteiger partial charge in [-0.2, -0.15) is 5.10 Å². The maximum Gasteiger partial charge on any atom is 0.275 e. The van der Waals surface area contributed by atoms with Crippen LogP contribution in [0.1, 0.15) is 27.0 Å². The minimum atomic E-state index is -0.398. The molecular weight excluding hydrogens is 431 g/mol. The van der Waals surface area contributed by atoms with Gasteiger partial charge in [-0.05, 0) is 35.9 Å². The van der Waals surface area contributed by atoms with Gasteiger partial charge in [-0.3, -0.25) is 4.79 Å². The van der Waals surface area contributed by atoms with E-state index in [0.717, 1.165) is 5.56 Å². The lowest BCUT2D eigenvalue weighted by molar-refractivity contribution is 0.0950. The maximum atomic E-state index is 13.9. The van der Waals surface area contributed by atoms with Gasteiger partial charge < -0.3 is 9.47 Å². The van der Waals surface area contributed by atoms with E-state index in [1.165, 1.54) is 12.3 Å². The van der Waals surface area contributed by atoms with E-state index in [4.69, 9.17) is 9.47 Å². The molecule has 0 spiro atoms. The molecule has 34 heavy (non-hydrogen) atoms.